The molecule has 1 atom stereocenters. The summed E-state index contributed by atoms with van der Waals surface area (Å²) in [5, 5.41) is 10.3. The molecule has 0 spiro atoms. The fraction of sp³-hybridized carbons (Fsp3) is 0.833. The maximum absolute atomic E-state index is 10.3. The van der Waals surface area contributed by atoms with Gasteiger partial charge in [0.2, 0.25) is 0 Å². The molecule has 0 aromatic carbocycles. The van der Waals surface area contributed by atoms with Gasteiger partial charge in [0.15, 0.2) is 0 Å². The molecule has 1 unspecified atom stereocenters. The summed E-state index contributed by atoms with van der Waals surface area (Å²) in [4.78, 5) is 0. The minimum atomic E-state index is -0.717. The summed E-state index contributed by atoms with van der Waals surface area (Å²) in [6, 6.07) is 0. The van der Waals surface area contributed by atoms with E-state index in [4.69, 9.17) is 4.74 Å². The lowest BCUT2D eigenvalue weighted by molar-refractivity contribution is -0.00836. The van der Waals surface area contributed by atoms with E-state index >= 15 is 0 Å². The van der Waals surface area contributed by atoms with E-state index in [0.29, 0.717) is 0 Å². The normalized spacial score (nSPS) is 27.1. The van der Waals surface area contributed by atoms with Gasteiger partial charge in [-0.25, -0.2) is 0 Å². The molecule has 0 aromatic rings. The maximum atomic E-state index is 10.3. The van der Waals surface area contributed by atoms with Crippen LogP contribution in [-0.2, 0) is 4.74 Å². The molecule has 1 aliphatic carbocycles. The number of hydrogen-bond acceptors (Lipinski definition) is 2. The molecule has 0 saturated heterocycles. The predicted molar refractivity (Wildman–Crippen MR) is 55.9 cm³/mol. The predicted octanol–water partition coefficient (Wildman–Crippen LogP) is 2.62. The second-order valence-corrected chi connectivity index (χ2v) is 4.83. The van der Waals surface area contributed by atoms with Gasteiger partial charge in [-0.15, -0.1) is 0 Å². The van der Waals surface area contributed by atoms with Crippen LogP contribution in [0.5, 0.6) is 0 Å². The van der Waals surface area contributed by atoms with Crippen molar-refractivity contribution in [1.82, 2.24) is 0 Å². The van der Waals surface area contributed by atoms with Crippen LogP contribution in [0.25, 0.3) is 0 Å². The van der Waals surface area contributed by atoms with Crippen LogP contribution in [0.3, 0.4) is 0 Å². The van der Waals surface area contributed by atoms with Crippen LogP contribution in [0.2, 0.25) is 0 Å². The lowest BCUT2D eigenvalue weighted by Crippen LogP contribution is -2.34. The summed E-state index contributed by atoms with van der Waals surface area (Å²) < 4.78 is 5.52. The van der Waals surface area contributed by atoms with Gasteiger partial charge in [0.05, 0.1) is 6.61 Å². The highest BCUT2D eigenvalue weighted by Crippen LogP contribution is 2.37. The first-order chi connectivity index (χ1) is 6.68. The molecule has 0 radical (unpaired) electrons. The van der Waals surface area contributed by atoms with Gasteiger partial charge in [0.25, 0.3) is 0 Å². The molecule has 1 heterocycles. The van der Waals surface area contributed by atoms with Crippen LogP contribution >= 0.6 is 0 Å². The Kier molecular flexibility index (Phi) is 2.82. The van der Waals surface area contributed by atoms with E-state index in [1.165, 1.54) is 19.3 Å². The molecule has 1 aliphatic heterocycles. The second kappa shape index (κ2) is 3.93. The van der Waals surface area contributed by atoms with Gasteiger partial charge in [-0.05, 0) is 38.2 Å². The van der Waals surface area contributed by atoms with Crippen molar-refractivity contribution >= 4 is 0 Å². The number of ether oxygens (including phenoxy) is 1. The summed E-state index contributed by atoms with van der Waals surface area (Å²) in [7, 11) is 0. The van der Waals surface area contributed by atoms with E-state index in [2.05, 4.69) is 6.08 Å². The zero-order valence-corrected chi connectivity index (χ0v) is 8.96. The van der Waals surface area contributed by atoms with E-state index in [0.717, 1.165) is 37.5 Å². The van der Waals surface area contributed by atoms with Gasteiger partial charge >= 0.3 is 0 Å². The third-order valence-corrected chi connectivity index (χ3v) is 3.38. The smallest absolute Gasteiger partial charge is 0.123 e. The molecule has 1 N–H and O–H groups in total. The van der Waals surface area contributed by atoms with Crippen molar-refractivity contribution in [2.24, 2.45) is 5.92 Å². The highest BCUT2D eigenvalue weighted by Gasteiger charge is 2.33. The topological polar surface area (TPSA) is 29.5 Å². The third-order valence-electron chi connectivity index (χ3n) is 3.38. The number of hydrogen-bond donors (Lipinski definition) is 1. The Hall–Kier alpha value is -0.500. The Morgan fingerprint density at radius 3 is 2.79 bits per heavy atom. The van der Waals surface area contributed by atoms with Crippen molar-refractivity contribution in [3.05, 3.63) is 11.8 Å². The molecule has 2 aliphatic rings. The van der Waals surface area contributed by atoms with Gasteiger partial charge in [-0.2, -0.15) is 0 Å². The summed E-state index contributed by atoms with van der Waals surface area (Å²) >= 11 is 0. The molecule has 0 aromatic heterocycles. The number of aliphatic hydroxyl groups is 1. The van der Waals surface area contributed by atoms with Crippen molar-refractivity contribution in [3.8, 4) is 0 Å². The molecule has 2 heteroatoms. The first-order valence-corrected chi connectivity index (χ1v) is 5.74. The summed E-state index contributed by atoms with van der Waals surface area (Å²) in [6.45, 7) is 2.66. The summed E-state index contributed by atoms with van der Waals surface area (Å²) in [5.74, 6) is 1.53. The standard InChI is InChI=1S/C12H20O2/c1-12(13,9-10-5-4-6-10)11-7-2-3-8-14-11/h7,10,13H,2-6,8-9H2,1H3. The Morgan fingerprint density at radius 1 is 1.50 bits per heavy atom. The first kappa shape index (κ1) is 10.0. The molecule has 0 bridgehead atoms. The van der Waals surface area contributed by atoms with Gasteiger partial charge in [-0.1, -0.05) is 19.3 Å². The fourth-order valence-electron chi connectivity index (χ4n) is 2.29. The molecule has 2 rings (SSSR count). The van der Waals surface area contributed by atoms with Gasteiger partial charge in [0, 0.05) is 0 Å². The van der Waals surface area contributed by atoms with Crippen molar-refractivity contribution in [2.45, 2.75) is 51.0 Å². The molecule has 2 nitrogen and oxygen atoms in total. The van der Waals surface area contributed by atoms with Crippen LogP contribution in [0.4, 0.5) is 0 Å². The van der Waals surface area contributed by atoms with Crippen molar-refractivity contribution in [2.75, 3.05) is 6.61 Å². The van der Waals surface area contributed by atoms with E-state index in [1.54, 1.807) is 0 Å². The van der Waals surface area contributed by atoms with Crippen molar-refractivity contribution < 1.29 is 9.84 Å². The van der Waals surface area contributed by atoms with Gasteiger partial charge in [0.1, 0.15) is 11.4 Å². The Morgan fingerprint density at radius 2 is 2.29 bits per heavy atom. The third kappa shape index (κ3) is 2.11. The first-order valence-electron chi connectivity index (χ1n) is 5.74. The largest absolute Gasteiger partial charge is 0.495 e. The highest BCUT2D eigenvalue weighted by atomic mass is 16.5. The monoisotopic (exact) mass is 196 g/mol. The SMILES string of the molecule is CC(O)(CC1CCC1)C1=CCCCO1. The van der Waals surface area contributed by atoms with E-state index in [9.17, 15) is 5.11 Å². The van der Waals surface area contributed by atoms with Crippen LogP contribution in [-0.4, -0.2) is 17.3 Å². The maximum Gasteiger partial charge on any atom is 0.123 e. The quantitative estimate of drug-likeness (QED) is 0.752. The average Bonchev–Trinajstić information content (AvgIpc) is 2.13. The Bertz CT molecular complexity index is 226. The van der Waals surface area contributed by atoms with E-state index in [1.807, 2.05) is 6.92 Å². The van der Waals surface area contributed by atoms with E-state index < -0.39 is 5.60 Å². The van der Waals surface area contributed by atoms with Crippen molar-refractivity contribution in [3.63, 3.8) is 0 Å². The lowest BCUT2D eigenvalue weighted by Gasteiger charge is -2.35. The Labute approximate surface area is 86.0 Å². The van der Waals surface area contributed by atoms with Gasteiger partial charge in [-0.3, -0.25) is 0 Å². The molecule has 80 valence electrons. The zero-order valence-electron chi connectivity index (χ0n) is 8.96. The van der Waals surface area contributed by atoms with Crippen LogP contribution < -0.4 is 0 Å². The lowest BCUT2D eigenvalue weighted by atomic mass is 9.77. The van der Waals surface area contributed by atoms with Crippen LogP contribution in [0.15, 0.2) is 11.8 Å². The number of allylic oxidation sites excluding steroid dienone is 1. The van der Waals surface area contributed by atoms with Crippen LogP contribution in [0, 0.1) is 5.92 Å². The minimum Gasteiger partial charge on any atom is -0.495 e. The molecule has 14 heavy (non-hydrogen) atoms. The molecule has 1 fully saturated rings. The van der Waals surface area contributed by atoms with Crippen molar-refractivity contribution in [1.29, 1.82) is 0 Å². The second-order valence-electron chi connectivity index (χ2n) is 4.83. The summed E-state index contributed by atoms with van der Waals surface area (Å²) in [6.07, 6.45) is 8.97. The minimum absolute atomic E-state index is 0.717. The zero-order chi connectivity index (χ0) is 10.0. The van der Waals surface area contributed by atoms with Crippen LogP contribution in [0.1, 0.15) is 45.4 Å². The fourth-order valence-corrected chi connectivity index (χ4v) is 2.29. The molecular formula is C12H20O2. The average molecular weight is 196 g/mol. The Balaban J connectivity index is 1.94. The van der Waals surface area contributed by atoms with E-state index in [-0.39, 0.29) is 0 Å². The molecule has 1 saturated carbocycles. The highest BCUT2D eigenvalue weighted by molar-refractivity contribution is 5.10. The molecule has 0 amide bonds. The summed E-state index contributed by atoms with van der Waals surface area (Å²) in [5.41, 5.74) is -0.717. The number of rotatable bonds is 3. The van der Waals surface area contributed by atoms with Gasteiger partial charge < -0.3 is 9.84 Å². The molecular weight excluding hydrogens is 176 g/mol.